The first-order valence-electron chi connectivity index (χ1n) is 6.03. The molecule has 92 valence electrons. The Kier molecular flexibility index (Phi) is 3.07. The molecule has 0 aliphatic carbocycles. The highest BCUT2D eigenvalue weighted by molar-refractivity contribution is 7.07. The minimum Gasteiger partial charge on any atom is -0.482 e. The molecule has 1 atom stereocenters. The monoisotopic (exact) mass is 258 g/mol. The van der Waals surface area contributed by atoms with Crippen LogP contribution in [0, 0.1) is 0 Å². The molecule has 0 radical (unpaired) electrons. The molecule has 0 N–H and O–H groups in total. The van der Waals surface area contributed by atoms with Crippen LogP contribution in [0.25, 0.3) is 11.0 Å². The van der Waals surface area contributed by atoms with Crippen molar-refractivity contribution in [2.24, 2.45) is 0 Å². The number of rotatable bonds is 4. The van der Waals surface area contributed by atoms with Crippen molar-refractivity contribution in [2.45, 2.75) is 19.4 Å². The molecule has 0 bridgehead atoms. The molecule has 0 fully saturated rings. The first kappa shape index (κ1) is 11.4. The van der Waals surface area contributed by atoms with Gasteiger partial charge >= 0.3 is 0 Å². The van der Waals surface area contributed by atoms with Gasteiger partial charge in [-0.25, -0.2) is 0 Å². The van der Waals surface area contributed by atoms with Crippen LogP contribution in [0.3, 0.4) is 0 Å². The van der Waals surface area contributed by atoms with Gasteiger partial charge in [-0.05, 0) is 35.4 Å². The van der Waals surface area contributed by atoms with Gasteiger partial charge in [0.25, 0.3) is 0 Å². The minimum atomic E-state index is 0.0898. The van der Waals surface area contributed by atoms with Gasteiger partial charge in [-0.15, -0.1) is 0 Å². The average Bonchev–Trinajstić information content (AvgIpc) is 3.06. The Bertz CT molecular complexity index is 625. The maximum absolute atomic E-state index is 6.09. The number of hydrogen-bond acceptors (Lipinski definition) is 3. The van der Waals surface area contributed by atoms with E-state index in [4.69, 9.17) is 9.15 Å². The largest absolute Gasteiger partial charge is 0.482 e. The molecular formula is C15H14O2S. The summed E-state index contributed by atoms with van der Waals surface area (Å²) < 4.78 is 11.6. The standard InChI is InChI=1S/C15H14O2S/c1-2-13(12-7-9-18-10-12)17-14-5-3-4-11-6-8-16-15(11)14/h3-10,13H,2H2,1H3/t13-/m0/s1. The van der Waals surface area contributed by atoms with Crippen LogP contribution in [0.4, 0.5) is 0 Å². The SMILES string of the molecule is CC[C@H](Oc1cccc2ccoc12)c1ccsc1. The van der Waals surface area contributed by atoms with E-state index in [1.165, 1.54) is 5.56 Å². The lowest BCUT2D eigenvalue weighted by atomic mass is 10.1. The summed E-state index contributed by atoms with van der Waals surface area (Å²) in [5.74, 6) is 0.815. The van der Waals surface area contributed by atoms with Crippen molar-refractivity contribution in [3.8, 4) is 5.75 Å². The highest BCUT2D eigenvalue weighted by atomic mass is 32.1. The smallest absolute Gasteiger partial charge is 0.175 e. The van der Waals surface area contributed by atoms with Crippen LogP contribution in [0.1, 0.15) is 25.0 Å². The Morgan fingerprint density at radius 1 is 1.28 bits per heavy atom. The number of fused-ring (bicyclic) bond motifs is 1. The van der Waals surface area contributed by atoms with Crippen molar-refractivity contribution < 1.29 is 9.15 Å². The maximum Gasteiger partial charge on any atom is 0.175 e. The van der Waals surface area contributed by atoms with E-state index in [-0.39, 0.29) is 6.10 Å². The quantitative estimate of drug-likeness (QED) is 0.655. The molecule has 3 rings (SSSR count). The zero-order chi connectivity index (χ0) is 12.4. The molecule has 0 aliphatic rings. The first-order valence-corrected chi connectivity index (χ1v) is 6.97. The van der Waals surface area contributed by atoms with E-state index >= 15 is 0 Å². The van der Waals surface area contributed by atoms with Crippen molar-refractivity contribution in [2.75, 3.05) is 0 Å². The third-order valence-corrected chi connectivity index (χ3v) is 3.70. The van der Waals surface area contributed by atoms with Crippen LogP contribution in [-0.4, -0.2) is 0 Å². The predicted octanol–water partition coefficient (Wildman–Crippen LogP) is 5.02. The molecule has 3 heteroatoms. The van der Waals surface area contributed by atoms with Gasteiger partial charge in [0.15, 0.2) is 11.3 Å². The van der Waals surface area contributed by atoms with Gasteiger partial charge in [0.05, 0.1) is 6.26 Å². The van der Waals surface area contributed by atoms with E-state index in [0.717, 1.165) is 23.1 Å². The van der Waals surface area contributed by atoms with Crippen molar-refractivity contribution in [1.29, 1.82) is 0 Å². The second-order valence-electron chi connectivity index (χ2n) is 4.17. The van der Waals surface area contributed by atoms with Gasteiger partial charge in [0.1, 0.15) is 6.10 Å². The van der Waals surface area contributed by atoms with E-state index in [1.807, 2.05) is 24.3 Å². The third-order valence-electron chi connectivity index (χ3n) is 3.00. The highest BCUT2D eigenvalue weighted by Crippen LogP contribution is 2.32. The number of thiophene rings is 1. The zero-order valence-corrected chi connectivity index (χ0v) is 10.9. The molecular weight excluding hydrogens is 244 g/mol. The number of hydrogen-bond donors (Lipinski definition) is 0. The Labute approximate surface area is 110 Å². The summed E-state index contributed by atoms with van der Waals surface area (Å²) in [6.07, 6.45) is 2.73. The average molecular weight is 258 g/mol. The van der Waals surface area contributed by atoms with Crippen LogP contribution < -0.4 is 4.74 Å². The predicted molar refractivity (Wildman–Crippen MR) is 74.2 cm³/mol. The lowest BCUT2D eigenvalue weighted by Crippen LogP contribution is -2.05. The highest BCUT2D eigenvalue weighted by Gasteiger charge is 2.14. The topological polar surface area (TPSA) is 22.4 Å². The van der Waals surface area contributed by atoms with Crippen LogP contribution in [0.5, 0.6) is 5.75 Å². The Morgan fingerprint density at radius 2 is 2.22 bits per heavy atom. The third kappa shape index (κ3) is 2.02. The van der Waals surface area contributed by atoms with Crippen molar-refractivity contribution in [3.05, 3.63) is 52.9 Å². The minimum absolute atomic E-state index is 0.0898. The zero-order valence-electron chi connectivity index (χ0n) is 10.1. The van der Waals surface area contributed by atoms with E-state index in [9.17, 15) is 0 Å². The molecule has 2 nitrogen and oxygen atoms in total. The molecule has 0 amide bonds. The molecule has 3 aromatic rings. The second kappa shape index (κ2) is 4.86. The summed E-state index contributed by atoms with van der Waals surface area (Å²) in [7, 11) is 0. The Balaban J connectivity index is 1.93. The summed E-state index contributed by atoms with van der Waals surface area (Å²) in [4.78, 5) is 0. The molecule has 0 aliphatic heterocycles. The maximum atomic E-state index is 6.09. The number of furan rings is 1. The molecule has 0 spiro atoms. The van der Waals surface area contributed by atoms with Gasteiger partial charge in [-0.3, -0.25) is 0 Å². The molecule has 2 aromatic heterocycles. The number of para-hydroxylation sites is 1. The van der Waals surface area contributed by atoms with E-state index < -0.39 is 0 Å². The molecule has 0 saturated carbocycles. The molecule has 0 unspecified atom stereocenters. The molecule has 1 aromatic carbocycles. The Hall–Kier alpha value is -1.74. The summed E-state index contributed by atoms with van der Waals surface area (Å²) >= 11 is 1.70. The summed E-state index contributed by atoms with van der Waals surface area (Å²) in [6.45, 7) is 2.13. The fourth-order valence-electron chi connectivity index (χ4n) is 2.06. The summed E-state index contributed by atoms with van der Waals surface area (Å²) in [5, 5.41) is 5.29. The van der Waals surface area contributed by atoms with Crippen LogP contribution in [0.15, 0.2) is 51.8 Å². The number of ether oxygens (including phenoxy) is 1. The van der Waals surface area contributed by atoms with Gasteiger partial charge in [-0.1, -0.05) is 19.1 Å². The van der Waals surface area contributed by atoms with Crippen molar-refractivity contribution in [1.82, 2.24) is 0 Å². The van der Waals surface area contributed by atoms with Crippen molar-refractivity contribution in [3.63, 3.8) is 0 Å². The molecule has 2 heterocycles. The fraction of sp³-hybridized carbons (Fsp3) is 0.200. The van der Waals surface area contributed by atoms with Crippen molar-refractivity contribution >= 4 is 22.3 Å². The van der Waals surface area contributed by atoms with Gasteiger partial charge < -0.3 is 9.15 Å². The second-order valence-corrected chi connectivity index (χ2v) is 4.95. The van der Waals surface area contributed by atoms with Gasteiger partial charge in [0, 0.05) is 10.9 Å². The number of benzene rings is 1. The fourth-order valence-corrected chi connectivity index (χ4v) is 2.76. The van der Waals surface area contributed by atoms with Gasteiger partial charge in [0.2, 0.25) is 0 Å². The lowest BCUT2D eigenvalue weighted by Gasteiger charge is -2.16. The normalized spacial score (nSPS) is 12.7. The van der Waals surface area contributed by atoms with Crippen LogP contribution >= 0.6 is 11.3 Å². The summed E-state index contributed by atoms with van der Waals surface area (Å²) in [5.41, 5.74) is 2.05. The van der Waals surface area contributed by atoms with Crippen LogP contribution in [-0.2, 0) is 0 Å². The molecule has 18 heavy (non-hydrogen) atoms. The Morgan fingerprint density at radius 3 is 3.00 bits per heavy atom. The van der Waals surface area contributed by atoms with Crippen LogP contribution in [0.2, 0.25) is 0 Å². The van der Waals surface area contributed by atoms with E-state index in [0.29, 0.717) is 0 Å². The first-order chi connectivity index (χ1) is 8.88. The van der Waals surface area contributed by atoms with Gasteiger partial charge in [-0.2, -0.15) is 11.3 Å². The summed E-state index contributed by atoms with van der Waals surface area (Å²) in [6, 6.07) is 10.0. The van der Waals surface area contributed by atoms with E-state index in [2.05, 4.69) is 23.8 Å². The lowest BCUT2D eigenvalue weighted by molar-refractivity contribution is 0.202. The molecule has 0 saturated heterocycles. The van der Waals surface area contributed by atoms with E-state index in [1.54, 1.807) is 17.6 Å².